The molecule has 0 radical (unpaired) electrons. The number of halogens is 3. The molecule has 0 atom stereocenters. The van der Waals surface area contributed by atoms with Crippen molar-refractivity contribution in [1.29, 1.82) is 0 Å². The van der Waals surface area contributed by atoms with Crippen LogP contribution >= 0.6 is 0 Å². The minimum atomic E-state index is -5.52. The van der Waals surface area contributed by atoms with Crippen molar-refractivity contribution in [2.75, 3.05) is 16.8 Å². The average Bonchev–Trinajstić information content (AvgIpc) is 2.54. The van der Waals surface area contributed by atoms with E-state index in [4.69, 9.17) is 0 Å². The van der Waals surface area contributed by atoms with Crippen molar-refractivity contribution in [3.8, 4) is 0 Å². The Hall–Kier alpha value is -2.55. The summed E-state index contributed by atoms with van der Waals surface area (Å²) in [4.78, 5) is 0. The SMILES string of the molecule is C/C(=N\N(C)c1ccccc1)c1c(C)cccc1NS(=O)(=O)C(F)(F)F. The Kier molecular flexibility index (Phi) is 5.60. The highest BCUT2D eigenvalue weighted by molar-refractivity contribution is 7.93. The zero-order valence-electron chi connectivity index (χ0n) is 14.4. The highest BCUT2D eigenvalue weighted by atomic mass is 32.2. The molecule has 2 rings (SSSR count). The molecule has 9 heteroatoms. The Morgan fingerprint density at radius 2 is 1.69 bits per heavy atom. The summed E-state index contributed by atoms with van der Waals surface area (Å²) in [6, 6.07) is 13.6. The van der Waals surface area contributed by atoms with Gasteiger partial charge in [0.1, 0.15) is 0 Å². The standard InChI is InChI=1S/C17H18F3N3O2S/c1-12-8-7-11-15(22-26(24,25)17(18,19)20)16(12)13(2)21-23(3)14-9-5-4-6-10-14/h4-11,22H,1-3H3/b21-13+. The Bertz CT molecular complexity index is 911. The molecule has 0 aromatic heterocycles. The number of benzene rings is 2. The summed E-state index contributed by atoms with van der Waals surface area (Å²) in [5.41, 5.74) is -3.55. The summed E-state index contributed by atoms with van der Waals surface area (Å²) in [6.45, 7) is 3.27. The number of alkyl halides is 3. The molecule has 0 unspecified atom stereocenters. The van der Waals surface area contributed by atoms with Gasteiger partial charge < -0.3 is 0 Å². The average molecular weight is 385 g/mol. The minimum absolute atomic E-state index is 0.176. The van der Waals surface area contributed by atoms with Gasteiger partial charge in [0.15, 0.2) is 0 Å². The van der Waals surface area contributed by atoms with E-state index in [1.807, 2.05) is 30.3 Å². The van der Waals surface area contributed by atoms with Crippen LogP contribution in [-0.2, 0) is 10.0 Å². The topological polar surface area (TPSA) is 61.8 Å². The molecule has 0 aliphatic rings. The normalized spacial score (nSPS) is 12.8. The number of nitrogens with one attached hydrogen (secondary N) is 1. The highest BCUT2D eigenvalue weighted by Gasteiger charge is 2.46. The van der Waals surface area contributed by atoms with Gasteiger partial charge in [-0.15, -0.1) is 0 Å². The molecule has 0 aliphatic heterocycles. The number of nitrogens with zero attached hydrogens (tertiary/aromatic N) is 2. The Labute approximate surface area is 150 Å². The third-order valence-electron chi connectivity index (χ3n) is 3.61. The first-order valence-electron chi connectivity index (χ1n) is 7.56. The molecule has 5 nitrogen and oxygen atoms in total. The van der Waals surface area contributed by atoms with Gasteiger partial charge in [0.05, 0.1) is 17.1 Å². The Balaban J connectivity index is 2.45. The van der Waals surface area contributed by atoms with E-state index in [0.29, 0.717) is 16.8 Å². The van der Waals surface area contributed by atoms with Crippen LogP contribution < -0.4 is 9.73 Å². The van der Waals surface area contributed by atoms with Crippen LogP contribution in [0.5, 0.6) is 0 Å². The van der Waals surface area contributed by atoms with Gasteiger partial charge in [0, 0.05) is 12.6 Å². The molecule has 2 aromatic rings. The van der Waals surface area contributed by atoms with Gasteiger partial charge in [-0.2, -0.15) is 26.7 Å². The zero-order valence-corrected chi connectivity index (χ0v) is 15.2. The number of sulfonamides is 1. The van der Waals surface area contributed by atoms with Crippen molar-refractivity contribution < 1.29 is 21.6 Å². The molecule has 1 N–H and O–H groups in total. The van der Waals surface area contributed by atoms with Crippen molar-refractivity contribution in [3.63, 3.8) is 0 Å². The fraction of sp³-hybridized carbons (Fsp3) is 0.235. The predicted molar refractivity (Wildman–Crippen MR) is 96.8 cm³/mol. The maximum Gasteiger partial charge on any atom is 0.516 e. The van der Waals surface area contributed by atoms with Gasteiger partial charge in [-0.3, -0.25) is 9.73 Å². The van der Waals surface area contributed by atoms with E-state index in [1.165, 1.54) is 12.1 Å². The van der Waals surface area contributed by atoms with Crippen molar-refractivity contribution in [3.05, 3.63) is 59.7 Å². The molecule has 2 aromatic carbocycles. The van der Waals surface area contributed by atoms with E-state index >= 15 is 0 Å². The van der Waals surface area contributed by atoms with E-state index in [-0.39, 0.29) is 5.69 Å². The molecule has 26 heavy (non-hydrogen) atoms. The number of hydrazone groups is 1. The Morgan fingerprint density at radius 1 is 1.08 bits per heavy atom. The molecule has 0 fully saturated rings. The van der Waals surface area contributed by atoms with Gasteiger partial charge in [0.25, 0.3) is 0 Å². The number of para-hydroxylation sites is 1. The van der Waals surface area contributed by atoms with Crippen LogP contribution in [0.1, 0.15) is 18.1 Å². The quantitative estimate of drug-likeness (QED) is 0.622. The highest BCUT2D eigenvalue weighted by Crippen LogP contribution is 2.29. The van der Waals surface area contributed by atoms with Crippen LogP contribution in [0.25, 0.3) is 0 Å². The molecular weight excluding hydrogens is 367 g/mol. The van der Waals surface area contributed by atoms with Gasteiger partial charge in [-0.1, -0.05) is 30.3 Å². The molecule has 0 saturated heterocycles. The largest absolute Gasteiger partial charge is 0.516 e. The molecule has 0 bridgehead atoms. The summed E-state index contributed by atoms with van der Waals surface area (Å²) in [5, 5.41) is 5.92. The second kappa shape index (κ2) is 7.36. The minimum Gasteiger partial charge on any atom is -0.275 e. The molecule has 0 saturated carbocycles. The van der Waals surface area contributed by atoms with E-state index in [1.54, 1.807) is 36.7 Å². The summed E-state index contributed by atoms with van der Waals surface area (Å²) < 4.78 is 62.6. The van der Waals surface area contributed by atoms with Crippen LogP contribution in [0, 0.1) is 6.92 Å². The molecule has 0 spiro atoms. The van der Waals surface area contributed by atoms with Crippen LogP contribution in [0.4, 0.5) is 24.5 Å². The van der Waals surface area contributed by atoms with Crippen LogP contribution in [-0.4, -0.2) is 26.7 Å². The second-order valence-corrected chi connectivity index (χ2v) is 7.27. The summed E-state index contributed by atoms with van der Waals surface area (Å²) in [6.07, 6.45) is 0. The molecule has 0 aliphatic carbocycles. The molecule has 140 valence electrons. The summed E-state index contributed by atoms with van der Waals surface area (Å²) in [7, 11) is -3.83. The monoisotopic (exact) mass is 385 g/mol. The lowest BCUT2D eigenvalue weighted by Crippen LogP contribution is -2.30. The van der Waals surface area contributed by atoms with E-state index in [9.17, 15) is 21.6 Å². The van der Waals surface area contributed by atoms with Crippen LogP contribution in [0.2, 0.25) is 0 Å². The molecule has 0 amide bonds. The van der Waals surface area contributed by atoms with Crippen molar-refractivity contribution >= 4 is 27.1 Å². The fourth-order valence-corrected chi connectivity index (χ4v) is 2.99. The van der Waals surface area contributed by atoms with Crippen LogP contribution in [0.15, 0.2) is 53.6 Å². The first kappa shape index (κ1) is 19.8. The lowest BCUT2D eigenvalue weighted by atomic mass is 10.0. The second-order valence-electron chi connectivity index (χ2n) is 5.59. The molecular formula is C17H18F3N3O2S. The van der Waals surface area contributed by atoms with Gasteiger partial charge in [-0.25, -0.2) is 0 Å². The predicted octanol–water partition coefficient (Wildman–Crippen LogP) is 4.12. The lowest BCUT2D eigenvalue weighted by molar-refractivity contribution is -0.0429. The van der Waals surface area contributed by atoms with E-state index in [2.05, 4.69) is 5.10 Å². The maximum absolute atomic E-state index is 12.7. The maximum atomic E-state index is 12.7. The number of hydrogen-bond donors (Lipinski definition) is 1. The van der Waals surface area contributed by atoms with Crippen molar-refractivity contribution in [2.24, 2.45) is 5.10 Å². The summed E-state index contributed by atoms with van der Waals surface area (Å²) in [5.74, 6) is 0. The first-order chi connectivity index (χ1) is 12.0. The summed E-state index contributed by atoms with van der Waals surface area (Å²) >= 11 is 0. The number of anilines is 2. The zero-order chi connectivity index (χ0) is 19.5. The first-order valence-corrected chi connectivity index (χ1v) is 9.04. The number of aryl methyl sites for hydroxylation is 1. The smallest absolute Gasteiger partial charge is 0.275 e. The van der Waals surface area contributed by atoms with Gasteiger partial charge >= 0.3 is 15.5 Å². The lowest BCUT2D eigenvalue weighted by Gasteiger charge is -2.18. The fourth-order valence-electron chi connectivity index (χ4n) is 2.41. The Morgan fingerprint density at radius 3 is 2.27 bits per heavy atom. The third kappa shape index (κ3) is 4.34. The number of rotatable bonds is 5. The van der Waals surface area contributed by atoms with E-state index < -0.39 is 15.5 Å². The van der Waals surface area contributed by atoms with Gasteiger partial charge in [0.2, 0.25) is 0 Å². The van der Waals surface area contributed by atoms with Crippen molar-refractivity contribution in [2.45, 2.75) is 19.4 Å². The van der Waals surface area contributed by atoms with Crippen LogP contribution in [0.3, 0.4) is 0 Å². The van der Waals surface area contributed by atoms with Gasteiger partial charge in [-0.05, 0) is 37.6 Å². The van der Waals surface area contributed by atoms with E-state index in [0.717, 1.165) is 5.69 Å². The molecule has 0 heterocycles. The number of hydrogen-bond acceptors (Lipinski definition) is 4. The van der Waals surface area contributed by atoms with Crippen molar-refractivity contribution in [1.82, 2.24) is 0 Å². The third-order valence-corrected chi connectivity index (χ3v) is 4.71.